The molecule has 0 aromatic heterocycles. The fourth-order valence-electron chi connectivity index (χ4n) is 1.45. The van der Waals surface area contributed by atoms with E-state index < -0.39 is 0 Å². The number of carbonyl (C=O) groups excluding carboxylic acids is 1. The smallest absolute Gasteiger partial charge is 0.258 e. The van der Waals surface area contributed by atoms with Crippen LogP contribution in [0.3, 0.4) is 0 Å². The SMILES string of the molecule is COc1ccc(N)cc1OCC(=O)NC1CC1. The van der Waals surface area contributed by atoms with Crippen molar-refractivity contribution in [3.8, 4) is 11.5 Å². The van der Waals surface area contributed by atoms with E-state index >= 15 is 0 Å². The molecule has 0 spiro atoms. The van der Waals surface area contributed by atoms with Crippen molar-refractivity contribution in [1.82, 2.24) is 5.32 Å². The van der Waals surface area contributed by atoms with Gasteiger partial charge < -0.3 is 20.5 Å². The molecule has 1 saturated carbocycles. The van der Waals surface area contributed by atoms with E-state index in [-0.39, 0.29) is 12.5 Å². The molecular formula is C12H16N2O3. The molecule has 1 fully saturated rings. The lowest BCUT2D eigenvalue weighted by atomic mass is 10.3. The van der Waals surface area contributed by atoms with Crippen LogP contribution in [0.4, 0.5) is 5.69 Å². The summed E-state index contributed by atoms with van der Waals surface area (Å²) < 4.78 is 10.5. The third-order valence-electron chi connectivity index (χ3n) is 2.49. The molecule has 5 nitrogen and oxygen atoms in total. The molecule has 0 bridgehead atoms. The molecule has 1 aromatic carbocycles. The predicted molar refractivity (Wildman–Crippen MR) is 64.1 cm³/mol. The number of benzene rings is 1. The van der Waals surface area contributed by atoms with Crippen molar-refractivity contribution in [3.63, 3.8) is 0 Å². The highest BCUT2D eigenvalue weighted by Crippen LogP contribution is 2.28. The first-order valence-corrected chi connectivity index (χ1v) is 5.54. The zero-order valence-corrected chi connectivity index (χ0v) is 9.73. The van der Waals surface area contributed by atoms with Gasteiger partial charge in [0.2, 0.25) is 0 Å². The van der Waals surface area contributed by atoms with Gasteiger partial charge in [-0.3, -0.25) is 4.79 Å². The Morgan fingerprint density at radius 1 is 1.47 bits per heavy atom. The van der Waals surface area contributed by atoms with Gasteiger partial charge in [0, 0.05) is 17.8 Å². The Labute approximate surface area is 99.9 Å². The lowest BCUT2D eigenvalue weighted by Crippen LogP contribution is -2.30. The van der Waals surface area contributed by atoms with Crippen molar-refractivity contribution in [2.45, 2.75) is 18.9 Å². The third-order valence-corrected chi connectivity index (χ3v) is 2.49. The highest BCUT2D eigenvalue weighted by atomic mass is 16.5. The molecule has 0 aliphatic heterocycles. The second-order valence-electron chi connectivity index (χ2n) is 4.04. The van der Waals surface area contributed by atoms with Gasteiger partial charge in [0.1, 0.15) is 0 Å². The Morgan fingerprint density at radius 2 is 2.24 bits per heavy atom. The Hall–Kier alpha value is -1.91. The number of methoxy groups -OCH3 is 1. The predicted octanol–water partition coefficient (Wildman–Crippen LogP) is 0.935. The molecule has 0 atom stereocenters. The van der Waals surface area contributed by atoms with E-state index in [1.54, 1.807) is 25.3 Å². The summed E-state index contributed by atoms with van der Waals surface area (Å²) >= 11 is 0. The number of hydrogen-bond donors (Lipinski definition) is 2. The summed E-state index contributed by atoms with van der Waals surface area (Å²) in [7, 11) is 1.54. The van der Waals surface area contributed by atoms with Crippen LogP contribution in [0.15, 0.2) is 18.2 Å². The van der Waals surface area contributed by atoms with E-state index in [4.69, 9.17) is 15.2 Å². The maximum atomic E-state index is 11.4. The largest absolute Gasteiger partial charge is 0.493 e. The molecule has 92 valence electrons. The summed E-state index contributed by atoms with van der Waals surface area (Å²) in [5, 5.41) is 2.84. The Kier molecular flexibility index (Phi) is 3.37. The number of rotatable bonds is 5. The number of nitrogens with one attached hydrogen (secondary N) is 1. The van der Waals surface area contributed by atoms with Crippen LogP contribution in [0, 0.1) is 0 Å². The molecule has 0 heterocycles. The lowest BCUT2D eigenvalue weighted by Gasteiger charge is -2.11. The maximum absolute atomic E-state index is 11.4. The van der Waals surface area contributed by atoms with Gasteiger partial charge in [0.05, 0.1) is 7.11 Å². The van der Waals surface area contributed by atoms with E-state index in [9.17, 15) is 4.79 Å². The topological polar surface area (TPSA) is 73.6 Å². The van der Waals surface area contributed by atoms with Crippen molar-refractivity contribution in [1.29, 1.82) is 0 Å². The molecule has 1 amide bonds. The summed E-state index contributed by atoms with van der Waals surface area (Å²) in [5.74, 6) is 0.939. The van der Waals surface area contributed by atoms with Crippen LogP contribution < -0.4 is 20.5 Å². The first-order chi connectivity index (χ1) is 8.19. The molecule has 1 aliphatic carbocycles. The van der Waals surface area contributed by atoms with Crippen LogP contribution in [-0.2, 0) is 4.79 Å². The highest BCUT2D eigenvalue weighted by Gasteiger charge is 2.23. The number of nitrogen functional groups attached to an aromatic ring is 1. The fraction of sp³-hybridized carbons (Fsp3) is 0.417. The van der Waals surface area contributed by atoms with Crippen LogP contribution in [0.5, 0.6) is 11.5 Å². The maximum Gasteiger partial charge on any atom is 0.258 e. The number of carbonyl (C=O) groups is 1. The molecule has 3 N–H and O–H groups in total. The van der Waals surface area contributed by atoms with E-state index in [0.717, 1.165) is 12.8 Å². The van der Waals surface area contributed by atoms with Gasteiger partial charge in [-0.1, -0.05) is 0 Å². The number of anilines is 1. The molecule has 0 saturated heterocycles. The molecule has 17 heavy (non-hydrogen) atoms. The van der Waals surface area contributed by atoms with Crippen molar-refractivity contribution >= 4 is 11.6 Å². The van der Waals surface area contributed by atoms with Crippen LogP contribution >= 0.6 is 0 Å². The van der Waals surface area contributed by atoms with Crippen LogP contribution in [0.2, 0.25) is 0 Å². The first-order valence-electron chi connectivity index (χ1n) is 5.54. The first kappa shape index (κ1) is 11.6. The normalized spacial score (nSPS) is 14.2. The van der Waals surface area contributed by atoms with Crippen molar-refractivity contribution < 1.29 is 14.3 Å². The number of amides is 1. The molecule has 5 heteroatoms. The van der Waals surface area contributed by atoms with Gasteiger partial charge in [-0.2, -0.15) is 0 Å². The Balaban J connectivity index is 1.92. The quantitative estimate of drug-likeness (QED) is 0.746. The minimum absolute atomic E-state index is 0.0175. The molecule has 1 aliphatic rings. The molecular weight excluding hydrogens is 220 g/mol. The van der Waals surface area contributed by atoms with Crippen LogP contribution in [0.25, 0.3) is 0 Å². The van der Waals surface area contributed by atoms with E-state index in [1.165, 1.54) is 0 Å². The van der Waals surface area contributed by atoms with Crippen LogP contribution in [-0.4, -0.2) is 25.7 Å². The monoisotopic (exact) mass is 236 g/mol. The second kappa shape index (κ2) is 4.95. The molecule has 0 radical (unpaired) electrons. The van der Waals surface area contributed by atoms with Gasteiger partial charge in [-0.05, 0) is 25.0 Å². The average Bonchev–Trinajstić information content (AvgIpc) is 3.10. The molecule has 0 unspecified atom stereocenters. The zero-order chi connectivity index (χ0) is 12.3. The standard InChI is InChI=1S/C12H16N2O3/c1-16-10-5-2-8(13)6-11(10)17-7-12(15)14-9-3-4-9/h2,5-6,9H,3-4,7,13H2,1H3,(H,14,15). The average molecular weight is 236 g/mol. The van der Waals surface area contributed by atoms with Crippen molar-refractivity contribution in [2.75, 3.05) is 19.5 Å². The van der Waals surface area contributed by atoms with E-state index in [1.807, 2.05) is 0 Å². The van der Waals surface area contributed by atoms with Gasteiger partial charge in [-0.25, -0.2) is 0 Å². The summed E-state index contributed by atoms with van der Waals surface area (Å²) in [6, 6.07) is 5.41. The summed E-state index contributed by atoms with van der Waals surface area (Å²) in [4.78, 5) is 11.4. The van der Waals surface area contributed by atoms with E-state index in [0.29, 0.717) is 23.2 Å². The number of ether oxygens (including phenoxy) is 2. The van der Waals surface area contributed by atoms with Gasteiger partial charge in [0.25, 0.3) is 5.91 Å². The lowest BCUT2D eigenvalue weighted by molar-refractivity contribution is -0.123. The third kappa shape index (κ3) is 3.27. The summed E-state index contributed by atoms with van der Waals surface area (Å²) in [6.07, 6.45) is 2.13. The van der Waals surface area contributed by atoms with Crippen LogP contribution in [0.1, 0.15) is 12.8 Å². The van der Waals surface area contributed by atoms with Crippen molar-refractivity contribution in [2.24, 2.45) is 0 Å². The second-order valence-corrected chi connectivity index (χ2v) is 4.04. The Morgan fingerprint density at radius 3 is 2.88 bits per heavy atom. The summed E-state index contributed by atoms with van der Waals surface area (Å²) in [5.41, 5.74) is 6.22. The minimum atomic E-state index is -0.114. The zero-order valence-electron chi connectivity index (χ0n) is 9.73. The minimum Gasteiger partial charge on any atom is -0.493 e. The van der Waals surface area contributed by atoms with Gasteiger partial charge in [0.15, 0.2) is 18.1 Å². The van der Waals surface area contributed by atoms with Gasteiger partial charge in [-0.15, -0.1) is 0 Å². The Bertz CT molecular complexity index is 416. The number of nitrogens with two attached hydrogens (primary N) is 1. The molecule has 1 aromatic rings. The molecule has 2 rings (SSSR count). The van der Waals surface area contributed by atoms with Crippen molar-refractivity contribution in [3.05, 3.63) is 18.2 Å². The summed E-state index contributed by atoms with van der Waals surface area (Å²) in [6.45, 7) is -0.0175. The fourth-order valence-corrected chi connectivity index (χ4v) is 1.45. The van der Waals surface area contributed by atoms with E-state index in [2.05, 4.69) is 5.32 Å². The number of hydrogen-bond acceptors (Lipinski definition) is 4. The van der Waals surface area contributed by atoms with Gasteiger partial charge >= 0.3 is 0 Å². The highest BCUT2D eigenvalue weighted by molar-refractivity contribution is 5.78.